The van der Waals surface area contributed by atoms with Crippen molar-refractivity contribution in [2.75, 3.05) is 24.3 Å². The third-order valence-corrected chi connectivity index (χ3v) is 6.09. The summed E-state index contributed by atoms with van der Waals surface area (Å²) in [6.07, 6.45) is 3.49. The van der Waals surface area contributed by atoms with Crippen LogP contribution in [-0.2, 0) is 0 Å². The van der Waals surface area contributed by atoms with Gasteiger partial charge in [0.05, 0.1) is 5.02 Å². The van der Waals surface area contributed by atoms with Crippen LogP contribution >= 0.6 is 11.6 Å². The number of nitrogens with one attached hydrogen (secondary N) is 2. The molecule has 1 aromatic heterocycles. The number of benzene rings is 2. The van der Waals surface area contributed by atoms with Gasteiger partial charge < -0.3 is 15.5 Å². The maximum Gasteiger partial charge on any atom is 0.251 e. The molecule has 6 nitrogen and oxygen atoms in total. The van der Waals surface area contributed by atoms with E-state index in [1.54, 1.807) is 0 Å². The molecule has 0 aliphatic heterocycles. The first-order valence-electron chi connectivity index (χ1n) is 11.0. The van der Waals surface area contributed by atoms with Crippen LogP contribution in [0.2, 0.25) is 5.02 Å². The number of carbonyl (C=O) groups is 1. The lowest BCUT2D eigenvalue weighted by Crippen LogP contribution is -2.40. The maximum absolute atomic E-state index is 13.4. The smallest absolute Gasteiger partial charge is 0.251 e. The lowest BCUT2D eigenvalue weighted by atomic mass is 9.91. The van der Waals surface area contributed by atoms with Gasteiger partial charge in [-0.05, 0) is 43.9 Å². The van der Waals surface area contributed by atoms with Gasteiger partial charge in [-0.25, -0.2) is 14.4 Å². The average molecular weight is 468 g/mol. The molecule has 0 saturated heterocycles. The molecule has 1 heterocycles. The van der Waals surface area contributed by atoms with Crippen molar-refractivity contribution in [1.29, 1.82) is 0 Å². The molecule has 1 amide bonds. The van der Waals surface area contributed by atoms with Crippen LogP contribution in [0, 0.1) is 5.82 Å². The van der Waals surface area contributed by atoms with E-state index in [1.807, 2.05) is 55.4 Å². The topological polar surface area (TPSA) is 70.2 Å². The molecular formula is C25H27ClFN5O. The zero-order valence-electron chi connectivity index (χ0n) is 18.7. The second-order valence-electron chi connectivity index (χ2n) is 8.49. The summed E-state index contributed by atoms with van der Waals surface area (Å²) in [4.78, 5) is 23.9. The van der Waals surface area contributed by atoms with Crippen LogP contribution in [0.1, 0.15) is 36.0 Å². The molecule has 33 heavy (non-hydrogen) atoms. The first-order chi connectivity index (χ1) is 15.9. The van der Waals surface area contributed by atoms with Crippen molar-refractivity contribution in [3.05, 3.63) is 71.0 Å². The van der Waals surface area contributed by atoms with Crippen molar-refractivity contribution in [2.24, 2.45) is 0 Å². The van der Waals surface area contributed by atoms with E-state index in [9.17, 15) is 9.18 Å². The van der Waals surface area contributed by atoms with Gasteiger partial charge in [0.25, 0.3) is 5.91 Å². The quantitative estimate of drug-likeness (QED) is 0.524. The van der Waals surface area contributed by atoms with Crippen molar-refractivity contribution < 1.29 is 9.18 Å². The highest BCUT2D eigenvalue weighted by molar-refractivity contribution is 6.31. The summed E-state index contributed by atoms with van der Waals surface area (Å²) in [5.74, 6) is 1.55. The summed E-state index contributed by atoms with van der Waals surface area (Å²) in [7, 11) is 3.92. The molecule has 172 valence electrons. The van der Waals surface area contributed by atoms with E-state index in [2.05, 4.69) is 15.6 Å². The number of hydrogen-bond acceptors (Lipinski definition) is 5. The summed E-state index contributed by atoms with van der Waals surface area (Å²) in [5.41, 5.74) is 1.34. The van der Waals surface area contributed by atoms with Gasteiger partial charge in [-0.15, -0.1) is 0 Å². The molecule has 0 spiro atoms. The minimum absolute atomic E-state index is 0.0487. The van der Waals surface area contributed by atoms with E-state index in [1.165, 1.54) is 18.2 Å². The third kappa shape index (κ3) is 5.79. The highest BCUT2D eigenvalue weighted by Crippen LogP contribution is 2.26. The van der Waals surface area contributed by atoms with Crippen LogP contribution in [0.3, 0.4) is 0 Å². The van der Waals surface area contributed by atoms with Crippen LogP contribution in [0.4, 0.5) is 16.0 Å². The van der Waals surface area contributed by atoms with Crippen LogP contribution in [0.25, 0.3) is 11.4 Å². The normalized spacial score (nSPS) is 17.9. The fourth-order valence-corrected chi connectivity index (χ4v) is 4.13. The second-order valence-corrected chi connectivity index (χ2v) is 8.90. The first-order valence-corrected chi connectivity index (χ1v) is 11.4. The number of anilines is 2. The summed E-state index contributed by atoms with van der Waals surface area (Å²) in [6.45, 7) is 0. The Bertz CT molecular complexity index is 1120. The standard InChI is InChI=1S/C25H27ClFN5O/c1-32(2)23-15-22(30-24(31-23)16-6-4-3-5-7-16)28-18-9-11-19(12-10-18)29-25(33)17-8-13-21(27)20(26)14-17/h3-8,13-15,18-19H,9-12H2,1-2H3,(H,29,33)(H,28,30,31). The van der Waals surface area contributed by atoms with E-state index >= 15 is 0 Å². The van der Waals surface area contributed by atoms with Crippen molar-refractivity contribution in [2.45, 2.75) is 37.8 Å². The average Bonchev–Trinajstić information content (AvgIpc) is 2.82. The molecule has 4 rings (SSSR count). The highest BCUT2D eigenvalue weighted by atomic mass is 35.5. The Morgan fingerprint density at radius 3 is 2.36 bits per heavy atom. The van der Waals surface area contributed by atoms with Gasteiger partial charge in [-0.3, -0.25) is 4.79 Å². The number of amides is 1. The fourth-order valence-electron chi connectivity index (χ4n) is 3.95. The highest BCUT2D eigenvalue weighted by Gasteiger charge is 2.24. The zero-order valence-corrected chi connectivity index (χ0v) is 19.4. The van der Waals surface area contributed by atoms with Crippen LogP contribution in [-0.4, -0.2) is 42.1 Å². The second kappa shape index (κ2) is 10.2. The molecule has 0 atom stereocenters. The predicted octanol–water partition coefficient (Wildman–Crippen LogP) is 5.16. The van der Waals surface area contributed by atoms with Gasteiger partial charge in [-0.2, -0.15) is 0 Å². The number of aromatic nitrogens is 2. The van der Waals surface area contributed by atoms with Gasteiger partial charge in [0.15, 0.2) is 5.82 Å². The Morgan fingerprint density at radius 2 is 1.70 bits per heavy atom. The maximum atomic E-state index is 13.4. The largest absolute Gasteiger partial charge is 0.367 e. The molecule has 1 aliphatic rings. The lowest BCUT2D eigenvalue weighted by Gasteiger charge is -2.30. The Labute approximate surface area is 198 Å². The third-order valence-electron chi connectivity index (χ3n) is 5.80. The first kappa shape index (κ1) is 23.0. The monoisotopic (exact) mass is 467 g/mol. The number of hydrogen-bond donors (Lipinski definition) is 2. The molecule has 1 saturated carbocycles. The summed E-state index contributed by atoms with van der Waals surface area (Å²) in [6, 6.07) is 16.2. The Balaban J connectivity index is 1.38. The number of rotatable bonds is 6. The Hall–Kier alpha value is -3.19. The predicted molar refractivity (Wildman–Crippen MR) is 130 cm³/mol. The molecule has 3 aromatic rings. The minimum atomic E-state index is -0.530. The van der Waals surface area contributed by atoms with Gasteiger partial charge in [0.2, 0.25) is 0 Å². The molecule has 0 unspecified atom stereocenters. The molecule has 2 aromatic carbocycles. The molecule has 1 aliphatic carbocycles. The fraction of sp³-hybridized carbons (Fsp3) is 0.320. The molecular weight excluding hydrogens is 441 g/mol. The van der Waals surface area contributed by atoms with E-state index in [-0.39, 0.29) is 23.0 Å². The molecule has 2 N–H and O–H groups in total. The van der Waals surface area contributed by atoms with Crippen molar-refractivity contribution in [3.8, 4) is 11.4 Å². The Morgan fingerprint density at radius 1 is 1.00 bits per heavy atom. The Kier molecular flexibility index (Phi) is 7.08. The van der Waals surface area contributed by atoms with Gasteiger partial charge in [-0.1, -0.05) is 41.9 Å². The van der Waals surface area contributed by atoms with Crippen molar-refractivity contribution >= 4 is 29.1 Å². The van der Waals surface area contributed by atoms with Crippen LogP contribution in [0.5, 0.6) is 0 Å². The van der Waals surface area contributed by atoms with E-state index in [0.717, 1.165) is 42.9 Å². The van der Waals surface area contributed by atoms with E-state index in [0.29, 0.717) is 11.4 Å². The SMILES string of the molecule is CN(C)c1cc(NC2CCC(NC(=O)c3ccc(F)c(Cl)c3)CC2)nc(-c2ccccc2)n1. The summed E-state index contributed by atoms with van der Waals surface area (Å²) >= 11 is 5.80. The van der Waals surface area contributed by atoms with Gasteiger partial charge in [0.1, 0.15) is 17.5 Å². The molecule has 0 bridgehead atoms. The van der Waals surface area contributed by atoms with Gasteiger partial charge in [0, 0.05) is 43.4 Å². The number of halogens is 2. The van der Waals surface area contributed by atoms with Gasteiger partial charge >= 0.3 is 0 Å². The number of nitrogens with zero attached hydrogens (tertiary/aromatic N) is 3. The van der Waals surface area contributed by atoms with E-state index < -0.39 is 5.82 Å². The van der Waals surface area contributed by atoms with E-state index in [4.69, 9.17) is 16.6 Å². The molecule has 1 fully saturated rings. The summed E-state index contributed by atoms with van der Waals surface area (Å²) < 4.78 is 13.4. The van der Waals surface area contributed by atoms with Crippen molar-refractivity contribution in [1.82, 2.24) is 15.3 Å². The number of carbonyl (C=O) groups excluding carboxylic acids is 1. The zero-order chi connectivity index (χ0) is 23.4. The van der Waals surface area contributed by atoms with Crippen LogP contribution < -0.4 is 15.5 Å². The van der Waals surface area contributed by atoms with Crippen LogP contribution in [0.15, 0.2) is 54.6 Å². The minimum Gasteiger partial charge on any atom is -0.367 e. The molecule has 0 radical (unpaired) electrons. The lowest BCUT2D eigenvalue weighted by molar-refractivity contribution is 0.0926. The molecule has 8 heteroatoms. The summed E-state index contributed by atoms with van der Waals surface area (Å²) in [5, 5.41) is 6.55. The van der Waals surface area contributed by atoms with Crippen molar-refractivity contribution in [3.63, 3.8) is 0 Å².